The van der Waals surface area contributed by atoms with Crippen LogP contribution in [-0.2, 0) is 31.2 Å². The highest BCUT2D eigenvalue weighted by Crippen LogP contribution is 2.28. The fraction of sp³-hybridized carbons (Fsp3) is 0.778. The van der Waals surface area contributed by atoms with Crippen LogP contribution in [0.2, 0.25) is 0 Å². The van der Waals surface area contributed by atoms with Gasteiger partial charge in [-0.15, -0.1) is 11.3 Å². The summed E-state index contributed by atoms with van der Waals surface area (Å²) in [5, 5.41) is 2.64. The molecule has 0 radical (unpaired) electrons. The number of hydrogen-bond donors (Lipinski definition) is 0. The van der Waals surface area contributed by atoms with Crippen LogP contribution in [0.15, 0.2) is 5.38 Å². The van der Waals surface area contributed by atoms with Gasteiger partial charge in [0.1, 0.15) is 9.75 Å². The Morgan fingerprint density at radius 2 is 1.84 bits per heavy atom. The summed E-state index contributed by atoms with van der Waals surface area (Å²) in [5.74, 6) is -0.146. The van der Waals surface area contributed by atoms with Gasteiger partial charge >= 0.3 is 0 Å². The van der Waals surface area contributed by atoms with Gasteiger partial charge in [0.15, 0.2) is 15.6 Å². The maximum absolute atomic E-state index is 12.8. The molecule has 0 saturated carbocycles. The predicted molar refractivity (Wildman–Crippen MR) is 101 cm³/mol. The molecule has 2 heterocycles. The van der Waals surface area contributed by atoms with Crippen LogP contribution in [0.5, 0.6) is 0 Å². The first kappa shape index (κ1) is 20.5. The zero-order chi connectivity index (χ0) is 18.9. The van der Waals surface area contributed by atoms with E-state index >= 15 is 0 Å². The van der Waals surface area contributed by atoms with E-state index in [0.29, 0.717) is 18.2 Å². The molecule has 1 saturated heterocycles. The van der Waals surface area contributed by atoms with E-state index < -0.39 is 14.6 Å². The van der Waals surface area contributed by atoms with E-state index in [9.17, 15) is 13.2 Å². The van der Waals surface area contributed by atoms with Crippen molar-refractivity contribution in [3.63, 3.8) is 0 Å². The second kappa shape index (κ2) is 7.45. The summed E-state index contributed by atoms with van der Waals surface area (Å²) in [6.07, 6.45) is 1.55. The van der Waals surface area contributed by atoms with Crippen molar-refractivity contribution in [2.24, 2.45) is 5.92 Å². The lowest BCUT2D eigenvalue weighted by Crippen LogP contribution is -2.44. The number of ether oxygens (including phenoxy) is 1. The number of carbonyl (C=O) groups excluding carboxylic acids is 1. The number of ketones is 1. The minimum absolute atomic E-state index is 0.0558. The van der Waals surface area contributed by atoms with Crippen LogP contribution < -0.4 is 0 Å². The molecule has 0 aromatic carbocycles. The number of carbonyl (C=O) groups is 1. The van der Waals surface area contributed by atoms with Crippen molar-refractivity contribution in [3.05, 3.63) is 16.1 Å². The monoisotopic (exact) mass is 387 g/mol. The maximum Gasteiger partial charge on any atom is 0.162 e. The van der Waals surface area contributed by atoms with E-state index in [1.807, 2.05) is 5.38 Å². The minimum Gasteiger partial charge on any atom is -0.381 e. The number of nitrogens with zero attached hydrogens (tertiary/aromatic N) is 1. The van der Waals surface area contributed by atoms with Gasteiger partial charge < -0.3 is 4.74 Å². The molecule has 0 aliphatic carbocycles. The third-order valence-electron chi connectivity index (χ3n) is 4.88. The molecule has 0 bridgehead atoms. The number of rotatable bonds is 6. The van der Waals surface area contributed by atoms with Crippen molar-refractivity contribution in [2.45, 2.75) is 64.0 Å². The molecule has 2 rings (SSSR count). The SMILES string of the molecule is CC(C)(C)c1csc(CC(=O)C(C)(C)S(=O)(=O)CC2CCOCC2)n1. The van der Waals surface area contributed by atoms with Crippen LogP contribution in [0.1, 0.15) is 58.2 Å². The molecule has 142 valence electrons. The Labute approximate surface area is 155 Å². The van der Waals surface area contributed by atoms with Gasteiger partial charge in [0, 0.05) is 24.0 Å². The van der Waals surface area contributed by atoms with Crippen LogP contribution in [0.3, 0.4) is 0 Å². The Morgan fingerprint density at radius 3 is 2.36 bits per heavy atom. The average molecular weight is 388 g/mol. The third kappa shape index (κ3) is 4.89. The van der Waals surface area contributed by atoms with Crippen LogP contribution in [0.25, 0.3) is 0 Å². The first-order valence-corrected chi connectivity index (χ1v) is 11.2. The van der Waals surface area contributed by atoms with Gasteiger partial charge in [-0.05, 0) is 32.6 Å². The summed E-state index contributed by atoms with van der Waals surface area (Å²) in [4.78, 5) is 17.3. The zero-order valence-corrected chi connectivity index (χ0v) is 17.4. The number of aromatic nitrogens is 1. The predicted octanol–water partition coefficient (Wildman–Crippen LogP) is 3.17. The number of hydrogen-bond acceptors (Lipinski definition) is 6. The molecule has 1 aromatic heterocycles. The van der Waals surface area contributed by atoms with Crippen molar-refractivity contribution >= 4 is 27.0 Å². The number of thiazole rings is 1. The topological polar surface area (TPSA) is 73.3 Å². The molecule has 1 aromatic rings. The summed E-state index contributed by atoms with van der Waals surface area (Å²) < 4.78 is 29.6. The Balaban J connectivity index is 2.09. The van der Waals surface area contributed by atoms with Gasteiger partial charge in [0.2, 0.25) is 0 Å². The summed E-state index contributed by atoms with van der Waals surface area (Å²) in [6.45, 7) is 10.5. The normalized spacial score (nSPS) is 17.6. The molecular weight excluding hydrogens is 358 g/mol. The molecule has 5 nitrogen and oxygen atoms in total. The van der Waals surface area contributed by atoms with Crippen molar-refractivity contribution < 1.29 is 17.9 Å². The van der Waals surface area contributed by atoms with Crippen LogP contribution in [-0.4, -0.2) is 42.9 Å². The summed E-state index contributed by atoms with van der Waals surface area (Å²) in [7, 11) is -3.53. The quantitative estimate of drug-likeness (QED) is 0.749. The van der Waals surface area contributed by atoms with Crippen LogP contribution in [0, 0.1) is 5.92 Å². The highest BCUT2D eigenvalue weighted by molar-refractivity contribution is 7.93. The van der Waals surface area contributed by atoms with Crippen molar-refractivity contribution in [3.8, 4) is 0 Å². The molecule has 25 heavy (non-hydrogen) atoms. The van der Waals surface area contributed by atoms with Gasteiger partial charge in [-0.1, -0.05) is 20.8 Å². The van der Waals surface area contributed by atoms with Crippen molar-refractivity contribution in [1.82, 2.24) is 4.98 Å². The van der Waals surface area contributed by atoms with Gasteiger partial charge in [-0.2, -0.15) is 0 Å². The summed E-state index contributed by atoms with van der Waals surface area (Å²) >= 11 is 1.42. The second-order valence-electron chi connectivity index (χ2n) is 8.32. The lowest BCUT2D eigenvalue weighted by atomic mass is 9.93. The van der Waals surface area contributed by atoms with Crippen LogP contribution in [0.4, 0.5) is 0 Å². The number of Topliss-reactive ketones (excluding diaryl/α,β-unsaturated/α-hetero) is 1. The third-order valence-corrected chi connectivity index (χ3v) is 8.42. The first-order valence-electron chi connectivity index (χ1n) is 8.72. The first-order chi connectivity index (χ1) is 11.4. The minimum atomic E-state index is -3.53. The standard InChI is InChI=1S/C18H29NO4S2/c1-17(2,3)14-11-24-16(19-14)10-15(20)18(4,5)25(21,22)12-13-6-8-23-9-7-13/h11,13H,6-10,12H2,1-5H3. The van der Waals surface area contributed by atoms with Gasteiger partial charge in [0.05, 0.1) is 17.9 Å². The molecule has 7 heteroatoms. The number of sulfone groups is 1. The van der Waals surface area contributed by atoms with Gasteiger partial charge in [-0.25, -0.2) is 13.4 Å². The molecule has 0 spiro atoms. The fourth-order valence-corrected chi connectivity index (χ4v) is 5.50. The van der Waals surface area contributed by atoms with E-state index in [-0.39, 0.29) is 29.3 Å². The smallest absolute Gasteiger partial charge is 0.162 e. The van der Waals surface area contributed by atoms with Crippen molar-refractivity contribution in [1.29, 1.82) is 0 Å². The lowest BCUT2D eigenvalue weighted by Gasteiger charge is -2.28. The maximum atomic E-state index is 12.8. The Bertz CT molecular complexity index is 708. The molecule has 0 N–H and O–H groups in total. The molecule has 0 unspecified atom stereocenters. The van der Waals surface area contributed by atoms with Crippen molar-refractivity contribution in [2.75, 3.05) is 19.0 Å². The second-order valence-corrected chi connectivity index (χ2v) is 11.9. The molecule has 1 aliphatic heterocycles. The van der Waals surface area contributed by atoms with E-state index in [0.717, 1.165) is 18.5 Å². The molecular formula is C18H29NO4S2. The average Bonchev–Trinajstić information content (AvgIpc) is 2.96. The molecule has 1 fully saturated rings. The molecule has 0 amide bonds. The highest BCUT2D eigenvalue weighted by Gasteiger charge is 2.42. The molecule has 1 aliphatic rings. The zero-order valence-electron chi connectivity index (χ0n) is 15.8. The van der Waals surface area contributed by atoms with Crippen LogP contribution >= 0.6 is 11.3 Å². The van der Waals surface area contributed by atoms with E-state index in [2.05, 4.69) is 25.8 Å². The molecule has 0 atom stereocenters. The largest absolute Gasteiger partial charge is 0.381 e. The Kier molecular flexibility index (Phi) is 6.11. The highest BCUT2D eigenvalue weighted by atomic mass is 32.2. The Morgan fingerprint density at radius 1 is 1.24 bits per heavy atom. The van der Waals surface area contributed by atoms with E-state index in [1.165, 1.54) is 25.2 Å². The van der Waals surface area contributed by atoms with Gasteiger partial charge in [-0.3, -0.25) is 4.79 Å². The Hall–Kier alpha value is -0.790. The fourth-order valence-electron chi connectivity index (χ4n) is 2.69. The summed E-state index contributed by atoms with van der Waals surface area (Å²) in [5.41, 5.74) is 0.853. The van der Waals surface area contributed by atoms with E-state index in [1.54, 1.807) is 0 Å². The van der Waals surface area contributed by atoms with E-state index in [4.69, 9.17) is 4.74 Å². The summed E-state index contributed by atoms with van der Waals surface area (Å²) in [6, 6.07) is 0. The van der Waals surface area contributed by atoms with Gasteiger partial charge in [0.25, 0.3) is 0 Å². The lowest BCUT2D eigenvalue weighted by molar-refractivity contribution is -0.120.